The van der Waals surface area contributed by atoms with Crippen molar-refractivity contribution >= 4 is 5.69 Å². The molecule has 1 aromatic rings. The highest BCUT2D eigenvalue weighted by Crippen LogP contribution is 2.27. The summed E-state index contributed by atoms with van der Waals surface area (Å²) in [5.41, 5.74) is 2.64. The summed E-state index contributed by atoms with van der Waals surface area (Å²) in [4.78, 5) is 6.71. The number of pyridine rings is 1. The van der Waals surface area contributed by atoms with Crippen molar-refractivity contribution in [2.45, 2.75) is 45.7 Å². The number of hydrogen-bond donors (Lipinski definition) is 1. The van der Waals surface area contributed by atoms with Crippen LogP contribution >= 0.6 is 0 Å². The number of aryl methyl sites for hydroxylation is 1. The number of nitrogens with zero attached hydrogens (tertiary/aromatic N) is 2. The summed E-state index contributed by atoms with van der Waals surface area (Å²) in [7, 11) is 0. The van der Waals surface area contributed by atoms with Crippen molar-refractivity contribution in [1.29, 1.82) is 0 Å². The molecule has 1 aliphatic rings. The summed E-state index contributed by atoms with van der Waals surface area (Å²) in [6.45, 7) is 8.82. The molecule has 3 nitrogen and oxygen atoms in total. The average Bonchev–Trinajstić information content (AvgIpc) is 2.75. The standard InChI is InChI=1S/C14H23N3/c1-11(2)16-10-13-5-4-8-17(13)14-6-7-15-9-12(14)3/h6-7,9,11,13,16H,4-5,8,10H2,1-3H3. The van der Waals surface area contributed by atoms with E-state index in [2.05, 4.69) is 42.0 Å². The van der Waals surface area contributed by atoms with Gasteiger partial charge in [0.15, 0.2) is 0 Å². The molecule has 0 saturated carbocycles. The summed E-state index contributed by atoms with van der Waals surface area (Å²) in [5.74, 6) is 0. The van der Waals surface area contributed by atoms with Crippen LogP contribution in [0.4, 0.5) is 5.69 Å². The second-order valence-electron chi connectivity index (χ2n) is 5.21. The van der Waals surface area contributed by atoms with Gasteiger partial charge in [-0.15, -0.1) is 0 Å². The number of nitrogens with one attached hydrogen (secondary N) is 1. The van der Waals surface area contributed by atoms with Crippen molar-refractivity contribution in [3.8, 4) is 0 Å². The quantitative estimate of drug-likeness (QED) is 0.865. The van der Waals surface area contributed by atoms with E-state index < -0.39 is 0 Å². The van der Waals surface area contributed by atoms with Crippen LogP contribution in [0.1, 0.15) is 32.3 Å². The number of hydrogen-bond acceptors (Lipinski definition) is 3. The van der Waals surface area contributed by atoms with Gasteiger partial charge in [-0.3, -0.25) is 4.98 Å². The third-order valence-corrected chi connectivity index (χ3v) is 3.44. The van der Waals surface area contributed by atoms with E-state index in [-0.39, 0.29) is 0 Å². The Kier molecular flexibility index (Phi) is 4.00. The molecule has 17 heavy (non-hydrogen) atoms. The number of anilines is 1. The number of rotatable bonds is 4. The molecule has 1 unspecified atom stereocenters. The largest absolute Gasteiger partial charge is 0.367 e. The van der Waals surface area contributed by atoms with E-state index in [0.29, 0.717) is 12.1 Å². The summed E-state index contributed by atoms with van der Waals surface area (Å²) < 4.78 is 0. The lowest BCUT2D eigenvalue weighted by atomic mass is 10.1. The first-order valence-electron chi connectivity index (χ1n) is 6.59. The van der Waals surface area contributed by atoms with Crippen molar-refractivity contribution in [2.24, 2.45) is 0 Å². The van der Waals surface area contributed by atoms with Crippen molar-refractivity contribution in [2.75, 3.05) is 18.0 Å². The first kappa shape index (κ1) is 12.4. The molecule has 1 N–H and O–H groups in total. The third kappa shape index (κ3) is 2.97. The lowest BCUT2D eigenvalue weighted by Crippen LogP contribution is -2.40. The molecule has 0 radical (unpaired) electrons. The molecule has 94 valence electrons. The lowest BCUT2D eigenvalue weighted by molar-refractivity contribution is 0.523. The van der Waals surface area contributed by atoms with Gasteiger partial charge in [0.1, 0.15) is 0 Å². The molecule has 2 rings (SSSR count). The van der Waals surface area contributed by atoms with Crippen LogP contribution in [0.15, 0.2) is 18.5 Å². The Balaban J connectivity index is 2.07. The molecule has 0 aromatic carbocycles. The Hall–Kier alpha value is -1.09. The van der Waals surface area contributed by atoms with Gasteiger partial charge in [-0.05, 0) is 31.4 Å². The van der Waals surface area contributed by atoms with Gasteiger partial charge in [0.05, 0.1) is 0 Å². The van der Waals surface area contributed by atoms with Gasteiger partial charge in [-0.2, -0.15) is 0 Å². The van der Waals surface area contributed by atoms with Crippen LogP contribution in [0, 0.1) is 6.92 Å². The molecule has 1 fully saturated rings. The highest BCUT2D eigenvalue weighted by molar-refractivity contribution is 5.53. The van der Waals surface area contributed by atoms with Crippen LogP contribution in [-0.2, 0) is 0 Å². The van der Waals surface area contributed by atoms with Crippen LogP contribution in [0.25, 0.3) is 0 Å². The van der Waals surface area contributed by atoms with Crippen LogP contribution < -0.4 is 10.2 Å². The van der Waals surface area contributed by atoms with Crippen LogP contribution in [0.2, 0.25) is 0 Å². The van der Waals surface area contributed by atoms with Gasteiger partial charge in [0, 0.05) is 43.3 Å². The highest BCUT2D eigenvalue weighted by atomic mass is 15.2. The predicted molar refractivity (Wildman–Crippen MR) is 72.5 cm³/mol. The predicted octanol–water partition coefficient (Wildman–Crippen LogP) is 2.36. The van der Waals surface area contributed by atoms with Crippen molar-refractivity contribution < 1.29 is 0 Å². The fourth-order valence-corrected chi connectivity index (χ4v) is 2.53. The fourth-order valence-electron chi connectivity index (χ4n) is 2.53. The molecule has 0 amide bonds. The summed E-state index contributed by atoms with van der Waals surface area (Å²) in [5, 5.41) is 3.55. The zero-order valence-electron chi connectivity index (χ0n) is 11.1. The number of aromatic nitrogens is 1. The molecule has 0 bridgehead atoms. The van der Waals surface area contributed by atoms with E-state index in [0.717, 1.165) is 6.54 Å². The second-order valence-corrected chi connectivity index (χ2v) is 5.21. The Morgan fingerprint density at radius 3 is 3.06 bits per heavy atom. The first-order chi connectivity index (χ1) is 8.18. The minimum Gasteiger partial charge on any atom is -0.367 e. The second kappa shape index (κ2) is 5.50. The minimum atomic E-state index is 0.566. The lowest BCUT2D eigenvalue weighted by Gasteiger charge is -2.29. The van der Waals surface area contributed by atoms with Gasteiger partial charge in [-0.25, -0.2) is 0 Å². The maximum atomic E-state index is 4.17. The summed E-state index contributed by atoms with van der Waals surface area (Å²) in [6.07, 6.45) is 6.45. The van der Waals surface area contributed by atoms with Gasteiger partial charge >= 0.3 is 0 Å². The Labute approximate surface area is 104 Å². The van der Waals surface area contributed by atoms with E-state index >= 15 is 0 Å². The normalized spacial score (nSPS) is 20.2. The molecule has 1 aliphatic heterocycles. The fraction of sp³-hybridized carbons (Fsp3) is 0.643. The SMILES string of the molecule is Cc1cnccc1N1CCCC1CNC(C)C. The Bertz CT molecular complexity index is 362. The first-order valence-corrected chi connectivity index (χ1v) is 6.59. The topological polar surface area (TPSA) is 28.2 Å². The third-order valence-electron chi connectivity index (χ3n) is 3.44. The minimum absolute atomic E-state index is 0.566. The van der Waals surface area contributed by atoms with Gasteiger partial charge in [0.25, 0.3) is 0 Å². The zero-order chi connectivity index (χ0) is 12.3. The molecule has 1 aromatic heterocycles. The van der Waals surface area contributed by atoms with Crippen molar-refractivity contribution in [1.82, 2.24) is 10.3 Å². The Morgan fingerprint density at radius 1 is 1.53 bits per heavy atom. The van der Waals surface area contributed by atoms with Gasteiger partial charge < -0.3 is 10.2 Å². The molecular weight excluding hydrogens is 210 g/mol. The average molecular weight is 233 g/mol. The monoisotopic (exact) mass is 233 g/mol. The van der Waals surface area contributed by atoms with Crippen LogP contribution in [0.5, 0.6) is 0 Å². The van der Waals surface area contributed by atoms with Gasteiger partial charge in [0.2, 0.25) is 0 Å². The molecule has 3 heteroatoms. The maximum Gasteiger partial charge on any atom is 0.0429 e. The van der Waals surface area contributed by atoms with E-state index in [4.69, 9.17) is 0 Å². The zero-order valence-corrected chi connectivity index (χ0v) is 11.1. The van der Waals surface area contributed by atoms with E-state index in [1.165, 1.54) is 30.6 Å². The molecule has 1 atom stereocenters. The maximum absolute atomic E-state index is 4.17. The Morgan fingerprint density at radius 2 is 2.35 bits per heavy atom. The van der Waals surface area contributed by atoms with Crippen molar-refractivity contribution in [3.63, 3.8) is 0 Å². The van der Waals surface area contributed by atoms with Crippen LogP contribution in [0.3, 0.4) is 0 Å². The molecular formula is C14H23N3. The summed E-state index contributed by atoms with van der Waals surface area (Å²) >= 11 is 0. The molecule has 2 heterocycles. The van der Waals surface area contributed by atoms with E-state index in [1.807, 2.05) is 12.4 Å². The summed E-state index contributed by atoms with van der Waals surface area (Å²) in [6, 6.07) is 3.35. The highest BCUT2D eigenvalue weighted by Gasteiger charge is 2.25. The smallest absolute Gasteiger partial charge is 0.0429 e. The van der Waals surface area contributed by atoms with Crippen molar-refractivity contribution in [3.05, 3.63) is 24.0 Å². The molecule has 1 saturated heterocycles. The molecule has 0 aliphatic carbocycles. The molecule has 0 spiro atoms. The van der Waals surface area contributed by atoms with E-state index in [1.54, 1.807) is 0 Å². The van der Waals surface area contributed by atoms with Crippen LogP contribution in [-0.4, -0.2) is 30.2 Å². The van der Waals surface area contributed by atoms with Gasteiger partial charge in [-0.1, -0.05) is 13.8 Å². The van der Waals surface area contributed by atoms with E-state index in [9.17, 15) is 0 Å².